The maximum Gasteiger partial charge on any atom is 0.337 e. The molecule has 0 fully saturated rings. The van der Waals surface area contributed by atoms with E-state index < -0.39 is 17.7 Å². The van der Waals surface area contributed by atoms with Crippen LogP contribution < -0.4 is 14.8 Å². The van der Waals surface area contributed by atoms with E-state index in [2.05, 4.69) is 5.32 Å². The molecule has 2 N–H and O–H groups in total. The standard InChI is InChI=1S/C21H14Cl2FNO5/c1-29-11-6-7-18(16(24)8-11)30-19-10-15(23)14(22)9-13(19)20(26)25-17-5-3-2-4-12(17)21(27)28/h2-10H,1H3,(H,25,26)(H,27,28). The average molecular weight is 450 g/mol. The van der Waals surface area contributed by atoms with Crippen molar-refractivity contribution in [2.45, 2.75) is 0 Å². The molecule has 3 aromatic rings. The Hall–Kier alpha value is -3.29. The normalized spacial score (nSPS) is 10.4. The molecule has 30 heavy (non-hydrogen) atoms. The van der Waals surface area contributed by atoms with E-state index in [1.54, 1.807) is 6.07 Å². The second-order valence-electron chi connectivity index (χ2n) is 5.97. The first-order valence-corrected chi connectivity index (χ1v) is 9.20. The van der Waals surface area contributed by atoms with E-state index in [-0.39, 0.29) is 44.1 Å². The molecule has 0 atom stereocenters. The lowest BCUT2D eigenvalue weighted by molar-refractivity contribution is 0.0698. The van der Waals surface area contributed by atoms with E-state index in [0.29, 0.717) is 0 Å². The van der Waals surface area contributed by atoms with E-state index in [9.17, 15) is 19.1 Å². The van der Waals surface area contributed by atoms with Gasteiger partial charge in [0.25, 0.3) is 5.91 Å². The maximum absolute atomic E-state index is 14.3. The predicted molar refractivity (Wildman–Crippen MR) is 111 cm³/mol. The number of carbonyl (C=O) groups excluding carboxylic acids is 1. The Bertz CT molecular complexity index is 1140. The van der Waals surface area contributed by atoms with Crippen molar-refractivity contribution < 1.29 is 28.6 Å². The topological polar surface area (TPSA) is 84.9 Å². The first kappa shape index (κ1) is 21.4. The van der Waals surface area contributed by atoms with Crippen molar-refractivity contribution >= 4 is 40.8 Å². The van der Waals surface area contributed by atoms with Crippen LogP contribution in [0.4, 0.5) is 10.1 Å². The molecular formula is C21H14Cl2FNO5. The summed E-state index contributed by atoms with van der Waals surface area (Å²) >= 11 is 12.1. The van der Waals surface area contributed by atoms with Gasteiger partial charge in [-0.2, -0.15) is 0 Å². The van der Waals surface area contributed by atoms with Crippen LogP contribution >= 0.6 is 23.2 Å². The van der Waals surface area contributed by atoms with Crippen molar-refractivity contribution in [1.29, 1.82) is 0 Å². The smallest absolute Gasteiger partial charge is 0.337 e. The number of carboxylic acids is 1. The van der Waals surface area contributed by atoms with Crippen molar-refractivity contribution in [1.82, 2.24) is 0 Å². The van der Waals surface area contributed by atoms with E-state index in [1.807, 2.05) is 0 Å². The molecule has 0 bridgehead atoms. The van der Waals surface area contributed by atoms with Gasteiger partial charge in [-0.15, -0.1) is 0 Å². The summed E-state index contributed by atoms with van der Waals surface area (Å²) in [5, 5.41) is 11.9. The Labute approximate surface area is 180 Å². The Morgan fingerprint density at radius 3 is 2.33 bits per heavy atom. The number of carbonyl (C=O) groups is 2. The zero-order valence-corrected chi connectivity index (χ0v) is 16.9. The van der Waals surface area contributed by atoms with Crippen LogP contribution in [-0.2, 0) is 0 Å². The molecule has 0 aliphatic carbocycles. The highest BCUT2D eigenvalue weighted by molar-refractivity contribution is 6.42. The highest BCUT2D eigenvalue weighted by atomic mass is 35.5. The van der Waals surface area contributed by atoms with Crippen molar-refractivity contribution in [3.63, 3.8) is 0 Å². The molecule has 9 heteroatoms. The van der Waals surface area contributed by atoms with Gasteiger partial charge in [-0.1, -0.05) is 35.3 Å². The van der Waals surface area contributed by atoms with Crippen molar-refractivity contribution in [2.24, 2.45) is 0 Å². The number of ether oxygens (including phenoxy) is 2. The molecule has 1 amide bonds. The molecule has 154 valence electrons. The lowest BCUT2D eigenvalue weighted by atomic mass is 10.1. The van der Waals surface area contributed by atoms with Gasteiger partial charge in [-0.3, -0.25) is 4.79 Å². The zero-order chi connectivity index (χ0) is 21.8. The molecule has 3 aromatic carbocycles. The fraction of sp³-hybridized carbons (Fsp3) is 0.0476. The third-order valence-corrected chi connectivity index (χ3v) is 4.75. The number of carboxylic acid groups (broad SMARTS) is 1. The third-order valence-electron chi connectivity index (χ3n) is 4.03. The van der Waals surface area contributed by atoms with Gasteiger partial charge in [0.1, 0.15) is 11.5 Å². The quantitative estimate of drug-likeness (QED) is 0.490. The highest BCUT2D eigenvalue weighted by Crippen LogP contribution is 2.35. The number of hydrogen-bond donors (Lipinski definition) is 2. The number of nitrogens with one attached hydrogen (secondary N) is 1. The van der Waals surface area contributed by atoms with E-state index in [0.717, 1.165) is 6.07 Å². The van der Waals surface area contributed by atoms with Crippen LogP contribution in [0.2, 0.25) is 10.0 Å². The number of anilines is 1. The number of benzene rings is 3. The first-order chi connectivity index (χ1) is 14.3. The molecule has 0 heterocycles. The highest BCUT2D eigenvalue weighted by Gasteiger charge is 2.20. The zero-order valence-electron chi connectivity index (χ0n) is 15.4. The Morgan fingerprint density at radius 2 is 1.67 bits per heavy atom. The fourth-order valence-electron chi connectivity index (χ4n) is 2.57. The summed E-state index contributed by atoms with van der Waals surface area (Å²) in [5.41, 5.74) is -0.1000. The minimum atomic E-state index is -1.21. The summed E-state index contributed by atoms with van der Waals surface area (Å²) in [6, 6.07) is 12.3. The Kier molecular flexibility index (Phi) is 6.44. The van der Waals surface area contributed by atoms with Crippen LogP contribution in [0.3, 0.4) is 0 Å². The molecule has 0 unspecified atom stereocenters. The van der Waals surface area contributed by atoms with Gasteiger partial charge in [0.2, 0.25) is 0 Å². The van der Waals surface area contributed by atoms with Crippen molar-refractivity contribution in [3.8, 4) is 17.2 Å². The summed E-state index contributed by atoms with van der Waals surface area (Å²) in [5.74, 6) is -2.60. The molecule has 0 saturated carbocycles. The van der Waals surface area contributed by atoms with Gasteiger partial charge < -0.3 is 19.9 Å². The van der Waals surface area contributed by atoms with Gasteiger partial charge in [-0.25, -0.2) is 9.18 Å². The SMILES string of the molecule is COc1ccc(Oc2cc(Cl)c(Cl)cc2C(=O)Nc2ccccc2C(=O)O)c(F)c1. The van der Waals surface area contributed by atoms with Gasteiger partial charge in [0.05, 0.1) is 34.0 Å². The molecule has 0 radical (unpaired) electrons. The lowest BCUT2D eigenvalue weighted by Crippen LogP contribution is -2.15. The second kappa shape index (κ2) is 9.02. The minimum Gasteiger partial charge on any atom is -0.497 e. The van der Waals surface area contributed by atoms with Gasteiger partial charge in [0.15, 0.2) is 11.6 Å². The lowest BCUT2D eigenvalue weighted by Gasteiger charge is -2.14. The molecular weight excluding hydrogens is 436 g/mol. The first-order valence-electron chi connectivity index (χ1n) is 8.44. The van der Waals surface area contributed by atoms with Gasteiger partial charge >= 0.3 is 5.97 Å². The number of hydrogen-bond acceptors (Lipinski definition) is 4. The van der Waals surface area contributed by atoms with Crippen LogP contribution in [0.5, 0.6) is 17.2 Å². The van der Waals surface area contributed by atoms with Crippen LogP contribution in [0, 0.1) is 5.82 Å². The average Bonchev–Trinajstić information content (AvgIpc) is 2.72. The van der Waals surface area contributed by atoms with Crippen LogP contribution in [0.25, 0.3) is 0 Å². The summed E-state index contributed by atoms with van der Waals surface area (Å²) in [6.07, 6.45) is 0. The summed E-state index contributed by atoms with van der Waals surface area (Å²) < 4.78 is 24.8. The van der Waals surface area contributed by atoms with Crippen molar-refractivity contribution in [2.75, 3.05) is 12.4 Å². The second-order valence-corrected chi connectivity index (χ2v) is 6.78. The number of para-hydroxylation sites is 1. The van der Waals surface area contributed by atoms with Crippen molar-refractivity contribution in [3.05, 3.63) is 81.6 Å². The number of rotatable bonds is 6. The van der Waals surface area contributed by atoms with E-state index in [4.69, 9.17) is 32.7 Å². The summed E-state index contributed by atoms with van der Waals surface area (Å²) in [4.78, 5) is 24.2. The van der Waals surface area contributed by atoms with Crippen LogP contribution in [0.15, 0.2) is 54.6 Å². The third kappa shape index (κ3) is 4.64. The fourth-order valence-corrected chi connectivity index (χ4v) is 2.89. The van der Waals surface area contributed by atoms with Crippen LogP contribution in [0.1, 0.15) is 20.7 Å². The van der Waals surface area contributed by atoms with E-state index in [1.165, 1.54) is 49.6 Å². The number of halogens is 3. The number of amides is 1. The molecule has 0 aliphatic rings. The molecule has 3 rings (SSSR count). The summed E-state index contributed by atoms with van der Waals surface area (Å²) in [7, 11) is 1.39. The minimum absolute atomic E-state index is 0.0656. The van der Waals surface area contributed by atoms with E-state index >= 15 is 0 Å². The Balaban J connectivity index is 1.98. The molecule has 0 saturated heterocycles. The monoisotopic (exact) mass is 449 g/mol. The van der Waals surface area contributed by atoms with Gasteiger partial charge in [-0.05, 0) is 30.3 Å². The number of aromatic carboxylic acids is 1. The largest absolute Gasteiger partial charge is 0.497 e. The molecule has 6 nitrogen and oxygen atoms in total. The van der Waals surface area contributed by atoms with Crippen LogP contribution in [-0.4, -0.2) is 24.1 Å². The molecule has 0 aromatic heterocycles. The predicted octanol–water partition coefficient (Wildman–Crippen LogP) is 5.88. The Morgan fingerprint density at radius 1 is 0.967 bits per heavy atom. The summed E-state index contributed by atoms with van der Waals surface area (Å²) in [6.45, 7) is 0. The number of methoxy groups -OCH3 is 1. The maximum atomic E-state index is 14.3. The van der Waals surface area contributed by atoms with Gasteiger partial charge in [0, 0.05) is 12.1 Å². The molecule has 0 aliphatic heterocycles. The molecule has 0 spiro atoms.